The summed E-state index contributed by atoms with van der Waals surface area (Å²) in [7, 11) is -3.25. The van der Waals surface area contributed by atoms with E-state index in [1.54, 1.807) is 19.2 Å². The summed E-state index contributed by atoms with van der Waals surface area (Å²) in [4.78, 5) is 12.4. The Morgan fingerprint density at radius 3 is 2.44 bits per heavy atom. The third-order valence-electron chi connectivity index (χ3n) is 9.24. The Hall–Kier alpha value is -1.72. The van der Waals surface area contributed by atoms with Gasteiger partial charge in [0.15, 0.2) is 0 Å². The molecule has 11 heteroatoms. The maximum Gasteiger partial charge on any atom is 0.494 e. The van der Waals surface area contributed by atoms with Crippen molar-refractivity contribution >= 4 is 27.9 Å². The normalized spacial score (nSPS) is 21.0. The van der Waals surface area contributed by atoms with Gasteiger partial charge in [0.2, 0.25) is 8.32 Å². The number of aromatic nitrogens is 1. The number of aryl methyl sites for hydroxylation is 1. The summed E-state index contributed by atoms with van der Waals surface area (Å²) in [5.74, 6) is 0.869. The molecular weight excluding hydrogens is 534 g/mol. The average molecular weight is 582 g/mol. The van der Waals surface area contributed by atoms with Crippen molar-refractivity contribution in [3.63, 3.8) is 0 Å². The van der Waals surface area contributed by atoms with Crippen molar-refractivity contribution in [1.82, 2.24) is 9.79 Å². The molecule has 1 saturated heterocycles. The molecule has 0 amide bonds. The highest BCUT2D eigenvalue weighted by Gasteiger charge is 2.52. The van der Waals surface area contributed by atoms with Crippen molar-refractivity contribution in [1.29, 1.82) is 0 Å². The van der Waals surface area contributed by atoms with E-state index in [1.807, 2.05) is 29.1 Å². The molecule has 2 atom stereocenters. The largest absolute Gasteiger partial charge is 0.494 e. The molecule has 41 heavy (non-hydrogen) atoms. The minimum Gasteiger partial charge on any atom is -0.489 e. The zero-order valence-electron chi connectivity index (χ0n) is 26.6. The molecule has 0 unspecified atom stereocenters. The van der Waals surface area contributed by atoms with E-state index in [0.29, 0.717) is 13.1 Å². The van der Waals surface area contributed by atoms with E-state index in [9.17, 15) is 5.02 Å². The Bertz CT molecular complexity index is 1160. The zero-order chi connectivity index (χ0) is 30.2. The summed E-state index contributed by atoms with van der Waals surface area (Å²) >= 11 is 0. The van der Waals surface area contributed by atoms with Crippen LogP contribution in [0.5, 0.6) is 5.75 Å². The topological polar surface area (TPSA) is 82.5 Å². The second kappa shape index (κ2) is 12.1. The monoisotopic (exact) mass is 582 g/mol. The quantitative estimate of drug-likeness (QED) is 0.233. The molecule has 0 bridgehead atoms. The van der Waals surface area contributed by atoms with Crippen molar-refractivity contribution in [3.05, 3.63) is 53.9 Å². The van der Waals surface area contributed by atoms with E-state index in [0.717, 1.165) is 35.2 Å². The maximum atomic E-state index is 10.8. The fourth-order valence-corrected chi connectivity index (χ4v) is 5.24. The molecule has 1 fully saturated rings. The standard InChI is InChI=1S/C30H48B2N2O6Si/c1-28(2,3)41(9,10)40-37-27(23-12-11-17-33-19-23)21-34(31(8)35)20-25-15-13-22-18-24(14-16-26(22)36-25)32-38-29(4,5)30(6,7)39-32/h11-12,14,16-19,25,27,35H,13,15,20-21H2,1-10H3/t25-,27-/m0/s1. The number of ether oxygens (including phenoxy) is 1. The minimum atomic E-state index is -2.16. The molecule has 0 saturated carbocycles. The Kier molecular flexibility index (Phi) is 9.51. The first-order valence-electron chi connectivity index (χ1n) is 14.8. The minimum absolute atomic E-state index is 0.00205. The molecule has 1 N–H and O–H groups in total. The van der Waals surface area contributed by atoms with Crippen molar-refractivity contribution in [2.75, 3.05) is 13.1 Å². The van der Waals surface area contributed by atoms with Gasteiger partial charge in [-0.2, -0.15) is 0 Å². The third-order valence-corrected chi connectivity index (χ3v) is 13.4. The number of fused-ring (bicyclic) bond motifs is 1. The van der Waals surface area contributed by atoms with Crippen LogP contribution in [0.25, 0.3) is 0 Å². The van der Waals surface area contributed by atoms with Gasteiger partial charge in [-0.25, -0.2) is 4.89 Å². The van der Waals surface area contributed by atoms with Gasteiger partial charge in [-0.05, 0) is 88.7 Å². The first-order chi connectivity index (χ1) is 19.0. The van der Waals surface area contributed by atoms with Gasteiger partial charge in [-0.3, -0.25) is 9.56 Å². The predicted octanol–water partition coefficient (Wildman–Crippen LogP) is 5.18. The highest BCUT2D eigenvalue weighted by atomic mass is 28.4. The Morgan fingerprint density at radius 2 is 1.85 bits per heavy atom. The fraction of sp³-hybridized carbons (Fsp3) is 0.633. The van der Waals surface area contributed by atoms with Crippen LogP contribution in [0.2, 0.25) is 25.0 Å². The number of benzene rings is 1. The summed E-state index contributed by atoms with van der Waals surface area (Å²) < 4.78 is 25.1. The average Bonchev–Trinajstić information content (AvgIpc) is 3.11. The molecule has 224 valence electrons. The second-order valence-electron chi connectivity index (χ2n) is 14.0. The predicted molar refractivity (Wildman–Crippen MR) is 167 cm³/mol. The first-order valence-corrected chi connectivity index (χ1v) is 17.7. The maximum absolute atomic E-state index is 10.8. The highest BCUT2D eigenvalue weighted by molar-refractivity contribution is 6.73. The Labute approximate surface area is 248 Å². The number of rotatable bonds is 10. The summed E-state index contributed by atoms with van der Waals surface area (Å²) in [5.41, 5.74) is 2.30. The fourth-order valence-electron chi connectivity index (χ4n) is 4.63. The van der Waals surface area contributed by atoms with Crippen LogP contribution in [0.4, 0.5) is 0 Å². The molecule has 1 aromatic heterocycles. The molecule has 4 rings (SSSR count). The lowest BCUT2D eigenvalue weighted by molar-refractivity contribution is -0.263. The molecule has 1 aromatic carbocycles. The van der Waals surface area contributed by atoms with E-state index in [-0.39, 0.29) is 22.3 Å². The summed E-state index contributed by atoms with van der Waals surface area (Å²) in [6.07, 6.45) is 4.76. The molecule has 0 spiro atoms. The number of hydrogen-bond acceptors (Lipinski definition) is 8. The third kappa shape index (κ3) is 7.44. The van der Waals surface area contributed by atoms with Crippen LogP contribution >= 0.6 is 0 Å². The molecule has 2 aliphatic heterocycles. The summed E-state index contributed by atoms with van der Waals surface area (Å²) in [6, 6.07) is 10.1. The molecule has 3 heterocycles. The van der Waals surface area contributed by atoms with Gasteiger partial charge in [0.1, 0.15) is 18.0 Å². The SMILES string of the molecule is CB(O)N(C[C@@H]1CCc2cc(B3OC(C)(C)C(C)(C)O3)ccc2O1)C[C@H](OO[Si](C)(C)C(C)(C)C)c1cccnc1. The lowest BCUT2D eigenvalue weighted by Crippen LogP contribution is -2.47. The van der Waals surface area contributed by atoms with E-state index in [1.165, 1.54) is 0 Å². The van der Waals surface area contributed by atoms with Gasteiger partial charge < -0.3 is 23.9 Å². The molecule has 0 aliphatic carbocycles. The molecule has 2 aliphatic rings. The smallest absolute Gasteiger partial charge is 0.489 e. The van der Waals surface area contributed by atoms with Crippen molar-refractivity contribution in [3.8, 4) is 5.75 Å². The van der Waals surface area contributed by atoms with Crippen LogP contribution in [0.3, 0.4) is 0 Å². The second-order valence-corrected chi connectivity index (χ2v) is 18.7. The van der Waals surface area contributed by atoms with Crippen molar-refractivity contribution < 1.29 is 28.5 Å². The van der Waals surface area contributed by atoms with Gasteiger partial charge >= 0.3 is 14.2 Å². The van der Waals surface area contributed by atoms with E-state index >= 15 is 0 Å². The van der Waals surface area contributed by atoms with Gasteiger partial charge in [0.25, 0.3) is 0 Å². The number of nitrogens with zero attached hydrogens (tertiary/aromatic N) is 2. The number of pyridine rings is 1. The van der Waals surface area contributed by atoms with Crippen LogP contribution < -0.4 is 10.2 Å². The van der Waals surface area contributed by atoms with E-state index < -0.39 is 28.6 Å². The summed E-state index contributed by atoms with van der Waals surface area (Å²) in [6.45, 7) is 21.9. The highest BCUT2D eigenvalue weighted by Crippen LogP contribution is 2.39. The first kappa shape index (κ1) is 32.2. The van der Waals surface area contributed by atoms with Gasteiger partial charge in [0.05, 0.1) is 11.2 Å². The van der Waals surface area contributed by atoms with Gasteiger partial charge in [-0.15, -0.1) is 0 Å². The molecule has 2 aromatic rings. The van der Waals surface area contributed by atoms with Gasteiger partial charge in [0, 0.05) is 31.0 Å². The Morgan fingerprint density at radius 1 is 1.17 bits per heavy atom. The van der Waals surface area contributed by atoms with Gasteiger partial charge in [-0.1, -0.05) is 39.0 Å². The summed E-state index contributed by atoms with van der Waals surface area (Å²) in [5, 5.41) is 10.8. The van der Waals surface area contributed by atoms with Crippen LogP contribution in [0.1, 0.15) is 72.1 Å². The Balaban J connectivity index is 1.44. The van der Waals surface area contributed by atoms with Crippen LogP contribution in [0, 0.1) is 0 Å². The molecular formula is C30H48B2N2O6Si. The zero-order valence-corrected chi connectivity index (χ0v) is 27.6. The van der Waals surface area contributed by atoms with Crippen LogP contribution in [-0.4, -0.2) is 67.7 Å². The van der Waals surface area contributed by atoms with Crippen LogP contribution in [0.15, 0.2) is 42.7 Å². The molecule has 8 nitrogen and oxygen atoms in total. The lowest BCUT2D eigenvalue weighted by atomic mass is 9.77. The number of hydrogen-bond donors (Lipinski definition) is 1. The molecule has 0 radical (unpaired) electrons. The van der Waals surface area contributed by atoms with E-state index in [2.05, 4.69) is 72.6 Å². The van der Waals surface area contributed by atoms with Crippen molar-refractivity contribution in [2.45, 2.75) is 110 Å². The lowest BCUT2D eigenvalue weighted by Gasteiger charge is -2.37. The van der Waals surface area contributed by atoms with Crippen molar-refractivity contribution in [2.24, 2.45) is 0 Å². The van der Waals surface area contributed by atoms with Crippen LogP contribution in [-0.2, 0) is 25.2 Å². The van der Waals surface area contributed by atoms with E-state index in [4.69, 9.17) is 23.5 Å².